The second-order valence-corrected chi connectivity index (χ2v) is 6.10. The Balaban J connectivity index is 1.89. The van der Waals surface area contributed by atoms with E-state index in [0.29, 0.717) is 13.0 Å². The first-order valence-corrected chi connectivity index (χ1v) is 9.55. The highest BCUT2D eigenvalue weighted by Crippen LogP contribution is 2.07. The summed E-state index contributed by atoms with van der Waals surface area (Å²) in [4.78, 5) is 15.4. The molecule has 1 heterocycles. The van der Waals surface area contributed by atoms with Crippen LogP contribution >= 0.6 is 0 Å². The van der Waals surface area contributed by atoms with E-state index in [2.05, 4.69) is 15.6 Å². The normalized spacial score (nSPS) is 17.5. The molecule has 1 atom stereocenters. The molecule has 7 heteroatoms. The number of carbonyl (C=O) groups is 1. The molecule has 7 nitrogen and oxygen atoms in total. The highest BCUT2D eigenvalue weighted by atomic mass is 16.5. The summed E-state index contributed by atoms with van der Waals surface area (Å²) in [6, 6.07) is 0. The van der Waals surface area contributed by atoms with E-state index in [1.165, 1.54) is 0 Å². The van der Waals surface area contributed by atoms with Crippen LogP contribution in [-0.4, -0.2) is 64.6 Å². The fourth-order valence-corrected chi connectivity index (χ4v) is 2.58. The standard InChI is InChI=1S/C18H35N3O4/c1-3-24-17(22)9-6-4-5-7-11-20-18(19-2)21-12-8-13-25-16-10-14-23-15-16/h16H,3-15H2,1-2H3,(H2,19,20,21). The molecule has 1 unspecified atom stereocenters. The maximum absolute atomic E-state index is 11.2. The molecular formula is C18H35N3O4. The molecule has 1 saturated heterocycles. The van der Waals surface area contributed by atoms with Gasteiger partial charge in [0.25, 0.3) is 0 Å². The molecule has 0 aromatic carbocycles. The van der Waals surface area contributed by atoms with E-state index in [0.717, 1.165) is 77.4 Å². The first-order valence-electron chi connectivity index (χ1n) is 9.55. The SMILES string of the molecule is CCOC(=O)CCCCCCNC(=NC)NCCCOC1CCOC1. The summed E-state index contributed by atoms with van der Waals surface area (Å²) in [5, 5.41) is 6.60. The van der Waals surface area contributed by atoms with Crippen LogP contribution in [0.25, 0.3) is 0 Å². The molecule has 1 rings (SSSR count). The van der Waals surface area contributed by atoms with Crippen LogP contribution in [0.15, 0.2) is 4.99 Å². The van der Waals surface area contributed by atoms with Crippen LogP contribution in [0.1, 0.15) is 51.9 Å². The summed E-state index contributed by atoms with van der Waals surface area (Å²) >= 11 is 0. The number of carbonyl (C=O) groups excluding carboxylic acids is 1. The fourth-order valence-electron chi connectivity index (χ4n) is 2.58. The monoisotopic (exact) mass is 357 g/mol. The Morgan fingerprint density at radius 1 is 1.16 bits per heavy atom. The summed E-state index contributed by atoms with van der Waals surface area (Å²) < 4.78 is 15.9. The van der Waals surface area contributed by atoms with E-state index in [1.54, 1.807) is 7.05 Å². The Morgan fingerprint density at radius 3 is 2.60 bits per heavy atom. The predicted octanol–water partition coefficient (Wildman–Crippen LogP) is 1.86. The molecule has 0 radical (unpaired) electrons. The summed E-state index contributed by atoms with van der Waals surface area (Å²) in [5.74, 6) is 0.741. The van der Waals surface area contributed by atoms with Crippen LogP contribution in [0.2, 0.25) is 0 Å². The highest BCUT2D eigenvalue weighted by molar-refractivity contribution is 5.79. The van der Waals surface area contributed by atoms with Crippen LogP contribution in [0.3, 0.4) is 0 Å². The quantitative estimate of drug-likeness (QED) is 0.227. The molecule has 0 aromatic rings. The Bertz CT molecular complexity index is 371. The van der Waals surface area contributed by atoms with Gasteiger partial charge in [0.2, 0.25) is 0 Å². The van der Waals surface area contributed by atoms with E-state index in [-0.39, 0.29) is 12.1 Å². The van der Waals surface area contributed by atoms with Gasteiger partial charge in [-0.3, -0.25) is 9.79 Å². The molecule has 0 aliphatic carbocycles. The third-order valence-corrected chi connectivity index (χ3v) is 3.98. The Kier molecular flexibility index (Phi) is 13.0. The number of nitrogens with one attached hydrogen (secondary N) is 2. The van der Waals surface area contributed by atoms with Crippen molar-refractivity contribution in [2.75, 3.05) is 46.6 Å². The summed E-state index contributed by atoms with van der Waals surface area (Å²) in [5.41, 5.74) is 0. The number of hydrogen-bond acceptors (Lipinski definition) is 5. The summed E-state index contributed by atoms with van der Waals surface area (Å²) in [6.45, 7) is 6.33. The van der Waals surface area contributed by atoms with Crippen molar-refractivity contribution in [1.82, 2.24) is 10.6 Å². The number of aliphatic imine (C=N–C) groups is 1. The van der Waals surface area contributed by atoms with Crippen LogP contribution in [0, 0.1) is 0 Å². The molecule has 1 fully saturated rings. The minimum Gasteiger partial charge on any atom is -0.466 e. The van der Waals surface area contributed by atoms with Gasteiger partial charge in [0.05, 0.1) is 19.3 Å². The first kappa shape index (κ1) is 21.7. The molecule has 25 heavy (non-hydrogen) atoms. The van der Waals surface area contributed by atoms with E-state index in [1.807, 2.05) is 6.92 Å². The van der Waals surface area contributed by atoms with Gasteiger partial charge in [-0.2, -0.15) is 0 Å². The molecule has 0 bridgehead atoms. The van der Waals surface area contributed by atoms with Crippen molar-refractivity contribution in [3.05, 3.63) is 0 Å². The number of guanidine groups is 1. The van der Waals surface area contributed by atoms with Crippen LogP contribution in [0.4, 0.5) is 0 Å². The average Bonchev–Trinajstić information content (AvgIpc) is 3.12. The van der Waals surface area contributed by atoms with Gasteiger partial charge in [-0.1, -0.05) is 12.8 Å². The van der Waals surface area contributed by atoms with Crippen molar-refractivity contribution < 1.29 is 19.0 Å². The number of nitrogens with zero attached hydrogens (tertiary/aromatic N) is 1. The van der Waals surface area contributed by atoms with Gasteiger partial charge >= 0.3 is 5.97 Å². The second-order valence-electron chi connectivity index (χ2n) is 6.10. The number of hydrogen-bond donors (Lipinski definition) is 2. The van der Waals surface area contributed by atoms with Crippen molar-refractivity contribution in [3.8, 4) is 0 Å². The summed E-state index contributed by atoms with van der Waals surface area (Å²) in [7, 11) is 1.78. The Morgan fingerprint density at radius 2 is 1.92 bits per heavy atom. The topological polar surface area (TPSA) is 81.2 Å². The third kappa shape index (κ3) is 11.8. The smallest absolute Gasteiger partial charge is 0.305 e. The Labute approximate surface area is 151 Å². The highest BCUT2D eigenvalue weighted by Gasteiger charge is 2.15. The number of ether oxygens (including phenoxy) is 3. The van der Waals surface area contributed by atoms with Gasteiger partial charge in [0, 0.05) is 39.8 Å². The van der Waals surface area contributed by atoms with E-state index >= 15 is 0 Å². The minimum absolute atomic E-state index is 0.0883. The van der Waals surface area contributed by atoms with Crippen molar-refractivity contribution in [2.24, 2.45) is 4.99 Å². The van der Waals surface area contributed by atoms with Gasteiger partial charge in [0.15, 0.2) is 5.96 Å². The average molecular weight is 357 g/mol. The van der Waals surface area contributed by atoms with Crippen molar-refractivity contribution >= 4 is 11.9 Å². The van der Waals surface area contributed by atoms with Gasteiger partial charge in [-0.05, 0) is 32.6 Å². The zero-order chi connectivity index (χ0) is 18.2. The van der Waals surface area contributed by atoms with Gasteiger partial charge in [-0.25, -0.2) is 0 Å². The molecule has 146 valence electrons. The van der Waals surface area contributed by atoms with Crippen molar-refractivity contribution in [3.63, 3.8) is 0 Å². The largest absolute Gasteiger partial charge is 0.466 e. The van der Waals surface area contributed by atoms with E-state index in [4.69, 9.17) is 14.2 Å². The molecular weight excluding hydrogens is 322 g/mol. The maximum atomic E-state index is 11.2. The first-order chi connectivity index (χ1) is 12.3. The molecule has 0 aromatic heterocycles. The third-order valence-electron chi connectivity index (χ3n) is 3.98. The molecule has 1 aliphatic rings. The second kappa shape index (κ2) is 15.0. The molecule has 0 spiro atoms. The zero-order valence-electron chi connectivity index (χ0n) is 15.8. The molecule has 0 saturated carbocycles. The van der Waals surface area contributed by atoms with E-state index in [9.17, 15) is 4.79 Å². The van der Waals surface area contributed by atoms with Gasteiger partial charge < -0.3 is 24.8 Å². The predicted molar refractivity (Wildman–Crippen MR) is 98.9 cm³/mol. The van der Waals surface area contributed by atoms with Crippen LogP contribution in [0.5, 0.6) is 0 Å². The van der Waals surface area contributed by atoms with Crippen LogP contribution < -0.4 is 10.6 Å². The number of rotatable bonds is 13. The minimum atomic E-state index is -0.0883. The lowest BCUT2D eigenvalue weighted by atomic mass is 10.1. The maximum Gasteiger partial charge on any atom is 0.305 e. The lowest BCUT2D eigenvalue weighted by Crippen LogP contribution is -2.38. The molecule has 1 aliphatic heterocycles. The van der Waals surface area contributed by atoms with Gasteiger partial charge in [-0.15, -0.1) is 0 Å². The fraction of sp³-hybridized carbons (Fsp3) is 0.889. The van der Waals surface area contributed by atoms with Crippen molar-refractivity contribution in [1.29, 1.82) is 0 Å². The van der Waals surface area contributed by atoms with Gasteiger partial charge in [0.1, 0.15) is 0 Å². The van der Waals surface area contributed by atoms with E-state index < -0.39 is 0 Å². The van der Waals surface area contributed by atoms with Crippen molar-refractivity contribution in [2.45, 2.75) is 58.0 Å². The lowest BCUT2D eigenvalue weighted by molar-refractivity contribution is -0.143. The summed E-state index contributed by atoms with van der Waals surface area (Å²) in [6.07, 6.45) is 6.88. The Hall–Kier alpha value is -1.34. The number of unbranched alkanes of at least 4 members (excludes halogenated alkanes) is 3. The van der Waals surface area contributed by atoms with Crippen LogP contribution in [-0.2, 0) is 19.0 Å². The molecule has 0 amide bonds. The molecule has 2 N–H and O–H groups in total. The lowest BCUT2D eigenvalue weighted by Gasteiger charge is -2.13. The number of esters is 1. The zero-order valence-corrected chi connectivity index (χ0v) is 15.8.